The Bertz CT molecular complexity index is 584. The van der Waals surface area contributed by atoms with Crippen molar-refractivity contribution in [3.05, 3.63) is 23.8 Å². The number of ether oxygens (including phenoxy) is 1. The number of anilines is 1. The molecular weight excluding hydrogens is 284 g/mol. The number of amides is 1. The molecule has 0 spiro atoms. The molecule has 1 amide bonds. The number of hydrogen-bond acceptors (Lipinski definition) is 4. The van der Waals surface area contributed by atoms with Gasteiger partial charge in [0.15, 0.2) is 6.10 Å². The highest BCUT2D eigenvalue weighted by molar-refractivity contribution is 6.00. The number of aliphatic carboxylic acids is 1. The summed E-state index contributed by atoms with van der Waals surface area (Å²) in [5.74, 6) is -0.551. The zero-order valence-electron chi connectivity index (χ0n) is 13.1. The van der Waals surface area contributed by atoms with Crippen LogP contribution in [0.3, 0.4) is 0 Å². The van der Waals surface area contributed by atoms with Crippen molar-refractivity contribution in [1.29, 1.82) is 0 Å². The molecule has 6 nitrogen and oxygen atoms in total. The summed E-state index contributed by atoms with van der Waals surface area (Å²) < 4.78 is 5.80. The Morgan fingerprint density at radius 2 is 2.09 bits per heavy atom. The molecule has 0 aromatic heterocycles. The molecule has 1 aliphatic heterocycles. The van der Waals surface area contributed by atoms with Crippen LogP contribution in [0, 0.1) is 5.92 Å². The molecule has 0 saturated heterocycles. The molecular formula is C16H22N2O4. The van der Waals surface area contributed by atoms with Gasteiger partial charge in [0, 0.05) is 12.6 Å². The average molecular weight is 306 g/mol. The van der Waals surface area contributed by atoms with Gasteiger partial charge in [-0.05, 0) is 30.5 Å². The zero-order valence-corrected chi connectivity index (χ0v) is 13.1. The summed E-state index contributed by atoms with van der Waals surface area (Å²) in [7, 11) is 0. The largest absolute Gasteiger partial charge is 0.481 e. The normalized spacial score (nSPS) is 18.9. The van der Waals surface area contributed by atoms with Crippen molar-refractivity contribution >= 4 is 17.6 Å². The van der Waals surface area contributed by atoms with Crippen LogP contribution >= 0.6 is 0 Å². The summed E-state index contributed by atoms with van der Waals surface area (Å²) in [5, 5.41) is 8.91. The van der Waals surface area contributed by atoms with E-state index < -0.39 is 12.1 Å². The number of carbonyl (C=O) groups is 2. The monoisotopic (exact) mass is 306 g/mol. The minimum Gasteiger partial charge on any atom is -0.481 e. The third kappa shape index (κ3) is 3.22. The van der Waals surface area contributed by atoms with Gasteiger partial charge >= 0.3 is 5.97 Å². The Kier molecular flexibility index (Phi) is 4.71. The highest BCUT2D eigenvalue weighted by atomic mass is 16.5. The topological polar surface area (TPSA) is 92.9 Å². The number of nitrogens with zero attached hydrogens (tertiary/aromatic N) is 1. The molecule has 1 heterocycles. The van der Waals surface area contributed by atoms with E-state index in [0.717, 1.165) is 5.56 Å². The van der Waals surface area contributed by atoms with Gasteiger partial charge in [0.25, 0.3) is 5.91 Å². The van der Waals surface area contributed by atoms with E-state index >= 15 is 0 Å². The van der Waals surface area contributed by atoms with Gasteiger partial charge in [-0.2, -0.15) is 0 Å². The van der Waals surface area contributed by atoms with E-state index in [0.29, 0.717) is 11.4 Å². The third-order valence-electron chi connectivity index (χ3n) is 3.72. The van der Waals surface area contributed by atoms with E-state index in [4.69, 9.17) is 15.6 Å². The van der Waals surface area contributed by atoms with E-state index in [1.165, 1.54) is 4.90 Å². The highest BCUT2D eigenvalue weighted by Crippen LogP contribution is 2.37. The predicted octanol–water partition coefficient (Wildman–Crippen LogP) is 1.93. The van der Waals surface area contributed by atoms with Crippen LogP contribution in [0.25, 0.3) is 0 Å². The molecule has 3 N–H and O–H groups in total. The first-order valence-corrected chi connectivity index (χ1v) is 7.40. The maximum atomic E-state index is 12.6. The van der Waals surface area contributed by atoms with Crippen LogP contribution in [0.5, 0.6) is 5.75 Å². The third-order valence-corrected chi connectivity index (χ3v) is 3.72. The second-order valence-electron chi connectivity index (χ2n) is 5.93. The second-order valence-corrected chi connectivity index (χ2v) is 5.93. The summed E-state index contributed by atoms with van der Waals surface area (Å²) in [6.45, 7) is 5.78. The Hall–Kier alpha value is -2.08. The molecule has 0 fully saturated rings. The lowest BCUT2D eigenvalue weighted by molar-refractivity contribution is -0.136. The number of fused-ring (bicyclic) bond motifs is 1. The van der Waals surface area contributed by atoms with E-state index in [1.54, 1.807) is 12.1 Å². The standard InChI is InChI=1S/C16H22N2O4/c1-9(2)15-16(21)18(7-6-14(19)20)12-8-11(10(3)17)4-5-13(12)22-15/h4-5,8-10,15H,6-7,17H2,1-3H3,(H,19,20). The predicted molar refractivity (Wildman–Crippen MR) is 82.9 cm³/mol. The number of hydrogen-bond donors (Lipinski definition) is 2. The molecule has 6 heteroatoms. The fourth-order valence-corrected chi connectivity index (χ4v) is 2.45. The van der Waals surface area contributed by atoms with Crippen molar-refractivity contribution in [1.82, 2.24) is 0 Å². The van der Waals surface area contributed by atoms with Gasteiger partial charge in [-0.15, -0.1) is 0 Å². The molecule has 0 aliphatic carbocycles. The fourth-order valence-electron chi connectivity index (χ4n) is 2.45. The maximum Gasteiger partial charge on any atom is 0.305 e. The quantitative estimate of drug-likeness (QED) is 0.867. The summed E-state index contributed by atoms with van der Waals surface area (Å²) in [6.07, 6.45) is -0.708. The summed E-state index contributed by atoms with van der Waals surface area (Å²) in [5.41, 5.74) is 7.36. The first-order chi connectivity index (χ1) is 10.3. The first kappa shape index (κ1) is 16.3. The number of carboxylic acids is 1. The van der Waals surface area contributed by atoms with Crippen LogP contribution in [0.15, 0.2) is 18.2 Å². The molecule has 2 atom stereocenters. The molecule has 1 aliphatic rings. The number of nitrogens with two attached hydrogens (primary N) is 1. The maximum absolute atomic E-state index is 12.6. The van der Waals surface area contributed by atoms with Gasteiger partial charge in [-0.1, -0.05) is 19.9 Å². The molecule has 0 radical (unpaired) electrons. The number of carbonyl (C=O) groups excluding carboxylic acids is 1. The summed E-state index contributed by atoms with van der Waals surface area (Å²) >= 11 is 0. The Labute approximate surface area is 129 Å². The van der Waals surface area contributed by atoms with Gasteiger partial charge in [0.05, 0.1) is 12.1 Å². The molecule has 2 rings (SSSR count). The van der Waals surface area contributed by atoms with Gasteiger partial charge < -0.3 is 20.5 Å². The Morgan fingerprint density at radius 1 is 1.41 bits per heavy atom. The van der Waals surface area contributed by atoms with E-state index in [9.17, 15) is 9.59 Å². The van der Waals surface area contributed by atoms with E-state index in [-0.39, 0.29) is 30.8 Å². The van der Waals surface area contributed by atoms with Crippen molar-refractivity contribution in [3.63, 3.8) is 0 Å². The Balaban J connectivity index is 2.42. The molecule has 22 heavy (non-hydrogen) atoms. The molecule has 0 saturated carbocycles. The van der Waals surface area contributed by atoms with Crippen molar-refractivity contribution in [2.75, 3.05) is 11.4 Å². The lowest BCUT2D eigenvalue weighted by Crippen LogP contribution is -2.49. The highest BCUT2D eigenvalue weighted by Gasteiger charge is 2.36. The average Bonchev–Trinajstić information content (AvgIpc) is 2.44. The second kappa shape index (κ2) is 6.36. The molecule has 120 valence electrons. The number of benzene rings is 1. The van der Waals surface area contributed by atoms with E-state index in [2.05, 4.69) is 0 Å². The van der Waals surface area contributed by atoms with Gasteiger partial charge in [0.1, 0.15) is 5.75 Å². The summed E-state index contributed by atoms with van der Waals surface area (Å²) in [4.78, 5) is 25.0. The SMILES string of the molecule is CC(N)c1ccc2c(c1)N(CCC(=O)O)C(=O)C(C(C)C)O2. The number of carboxylic acid groups (broad SMARTS) is 1. The smallest absolute Gasteiger partial charge is 0.305 e. The molecule has 2 unspecified atom stereocenters. The molecule has 1 aromatic carbocycles. The van der Waals surface area contributed by atoms with Crippen LogP contribution < -0.4 is 15.4 Å². The van der Waals surface area contributed by atoms with Crippen molar-refractivity contribution in [2.45, 2.75) is 39.3 Å². The minimum atomic E-state index is -0.940. The van der Waals surface area contributed by atoms with Gasteiger partial charge in [-0.25, -0.2) is 0 Å². The Morgan fingerprint density at radius 3 is 2.64 bits per heavy atom. The first-order valence-electron chi connectivity index (χ1n) is 7.40. The van der Waals surface area contributed by atoms with Gasteiger partial charge in [0.2, 0.25) is 0 Å². The lowest BCUT2D eigenvalue weighted by Gasteiger charge is -2.36. The van der Waals surface area contributed by atoms with Crippen LogP contribution in [-0.2, 0) is 9.59 Å². The van der Waals surface area contributed by atoms with Crippen LogP contribution in [0.4, 0.5) is 5.69 Å². The lowest BCUT2D eigenvalue weighted by atomic mass is 10.0. The zero-order chi connectivity index (χ0) is 16.4. The van der Waals surface area contributed by atoms with Crippen LogP contribution in [0.1, 0.15) is 38.8 Å². The van der Waals surface area contributed by atoms with Crippen molar-refractivity contribution in [3.8, 4) is 5.75 Å². The van der Waals surface area contributed by atoms with Crippen molar-refractivity contribution in [2.24, 2.45) is 11.7 Å². The van der Waals surface area contributed by atoms with Gasteiger partial charge in [-0.3, -0.25) is 9.59 Å². The van der Waals surface area contributed by atoms with E-state index in [1.807, 2.05) is 26.8 Å². The van der Waals surface area contributed by atoms with Crippen LogP contribution in [-0.4, -0.2) is 29.6 Å². The fraction of sp³-hybridized carbons (Fsp3) is 0.500. The summed E-state index contributed by atoms with van der Waals surface area (Å²) in [6, 6.07) is 5.29. The van der Waals surface area contributed by atoms with Crippen LogP contribution in [0.2, 0.25) is 0 Å². The van der Waals surface area contributed by atoms with Crippen molar-refractivity contribution < 1.29 is 19.4 Å². The molecule has 0 bridgehead atoms. The minimum absolute atomic E-state index is 0.00101. The number of rotatable bonds is 5. The molecule has 1 aromatic rings.